The van der Waals surface area contributed by atoms with E-state index in [2.05, 4.69) is 0 Å². The van der Waals surface area contributed by atoms with Gasteiger partial charge in [0.25, 0.3) is 5.78 Å². The van der Waals surface area contributed by atoms with Gasteiger partial charge in [-0.2, -0.15) is 0 Å². The number of carboxylic acid groups (broad SMARTS) is 1. The van der Waals surface area contributed by atoms with Crippen LogP contribution in [0.5, 0.6) is 5.75 Å². The molecule has 1 N–H and O–H groups in total. The molecule has 1 aromatic carbocycles. The van der Waals surface area contributed by atoms with Gasteiger partial charge in [-0.1, -0.05) is 6.92 Å². The van der Waals surface area contributed by atoms with Gasteiger partial charge in [-0.05, 0) is 30.5 Å². The molecule has 0 spiro atoms. The number of benzene rings is 1. The van der Waals surface area contributed by atoms with Crippen molar-refractivity contribution in [2.45, 2.75) is 26.1 Å². The van der Waals surface area contributed by atoms with Crippen molar-refractivity contribution in [1.29, 1.82) is 0 Å². The van der Waals surface area contributed by atoms with E-state index in [1.165, 1.54) is 13.2 Å². The lowest BCUT2D eigenvalue weighted by Gasteiger charge is -2.27. The summed E-state index contributed by atoms with van der Waals surface area (Å²) in [4.78, 5) is 22.8. The zero-order valence-corrected chi connectivity index (χ0v) is 12.0. The maximum atomic E-state index is 11.8. The summed E-state index contributed by atoms with van der Waals surface area (Å²) in [5.74, 6) is -1.89. The second-order valence-corrected chi connectivity index (χ2v) is 4.62. The molecule has 1 saturated heterocycles. The zero-order chi connectivity index (χ0) is 15.4. The minimum absolute atomic E-state index is 0.151. The number of aliphatic carboxylic acids is 1. The van der Waals surface area contributed by atoms with Crippen LogP contribution >= 0.6 is 0 Å². The normalized spacial score (nSPS) is 15.7. The van der Waals surface area contributed by atoms with Crippen LogP contribution in [0.2, 0.25) is 0 Å². The summed E-state index contributed by atoms with van der Waals surface area (Å²) in [7, 11) is 1.51. The number of rotatable bonds is 5. The van der Waals surface area contributed by atoms with Gasteiger partial charge in [0.1, 0.15) is 5.75 Å². The summed E-state index contributed by atoms with van der Waals surface area (Å²) in [6.45, 7) is 2.95. The smallest absolute Gasteiger partial charge is 0.377 e. The molecular formula is C15H18O6. The van der Waals surface area contributed by atoms with Crippen molar-refractivity contribution in [2.75, 3.05) is 20.3 Å². The van der Waals surface area contributed by atoms with Crippen molar-refractivity contribution in [1.82, 2.24) is 0 Å². The molecular weight excluding hydrogens is 276 g/mol. The van der Waals surface area contributed by atoms with Gasteiger partial charge in [0.15, 0.2) is 6.29 Å². The van der Waals surface area contributed by atoms with E-state index in [-0.39, 0.29) is 5.56 Å². The van der Waals surface area contributed by atoms with E-state index in [1.807, 2.05) is 6.92 Å². The van der Waals surface area contributed by atoms with Crippen LogP contribution in [0.15, 0.2) is 12.1 Å². The minimum Gasteiger partial charge on any atom is -0.496 e. The van der Waals surface area contributed by atoms with E-state index < -0.39 is 18.0 Å². The van der Waals surface area contributed by atoms with Gasteiger partial charge in [0.2, 0.25) is 0 Å². The second-order valence-electron chi connectivity index (χ2n) is 4.62. The van der Waals surface area contributed by atoms with Crippen molar-refractivity contribution in [3.8, 4) is 5.75 Å². The highest BCUT2D eigenvalue weighted by atomic mass is 16.7. The molecule has 0 aliphatic carbocycles. The SMILES string of the molecule is CCc1c(C(=O)C(=O)O)ccc(OC)c1C1OCCCO1. The van der Waals surface area contributed by atoms with Crippen molar-refractivity contribution >= 4 is 11.8 Å². The van der Waals surface area contributed by atoms with E-state index in [4.69, 9.17) is 19.3 Å². The van der Waals surface area contributed by atoms with Crippen molar-refractivity contribution in [2.24, 2.45) is 0 Å². The Morgan fingerprint density at radius 1 is 1.33 bits per heavy atom. The number of carbonyl (C=O) groups excluding carboxylic acids is 1. The van der Waals surface area contributed by atoms with Gasteiger partial charge in [-0.3, -0.25) is 4.79 Å². The third kappa shape index (κ3) is 3.06. The van der Waals surface area contributed by atoms with E-state index >= 15 is 0 Å². The largest absolute Gasteiger partial charge is 0.496 e. The number of ether oxygens (including phenoxy) is 3. The Balaban J connectivity index is 2.55. The van der Waals surface area contributed by atoms with Gasteiger partial charge in [-0.15, -0.1) is 0 Å². The van der Waals surface area contributed by atoms with Crippen LogP contribution in [-0.4, -0.2) is 37.2 Å². The van der Waals surface area contributed by atoms with Crippen molar-refractivity contribution in [3.63, 3.8) is 0 Å². The lowest BCUT2D eigenvalue weighted by atomic mass is 9.94. The molecule has 1 aliphatic rings. The monoisotopic (exact) mass is 294 g/mol. The van der Waals surface area contributed by atoms with Gasteiger partial charge < -0.3 is 19.3 Å². The summed E-state index contributed by atoms with van der Waals surface area (Å²) in [5.41, 5.74) is 1.35. The first kappa shape index (κ1) is 15.5. The molecule has 6 heteroatoms. The predicted molar refractivity (Wildman–Crippen MR) is 73.6 cm³/mol. The maximum absolute atomic E-state index is 11.8. The molecule has 1 aromatic rings. The summed E-state index contributed by atoms with van der Waals surface area (Å²) in [6, 6.07) is 3.05. The van der Waals surface area contributed by atoms with E-state index in [0.29, 0.717) is 36.5 Å². The fourth-order valence-corrected chi connectivity index (χ4v) is 2.44. The lowest BCUT2D eigenvalue weighted by molar-refractivity contribution is -0.183. The fourth-order valence-electron chi connectivity index (χ4n) is 2.44. The number of carbonyl (C=O) groups is 2. The summed E-state index contributed by atoms with van der Waals surface area (Å²) in [5, 5.41) is 8.94. The van der Waals surface area contributed by atoms with Crippen LogP contribution in [-0.2, 0) is 20.7 Å². The number of Topliss-reactive ketones (excluding diaryl/α,β-unsaturated/α-hetero) is 1. The quantitative estimate of drug-likeness (QED) is 0.660. The van der Waals surface area contributed by atoms with Crippen LogP contribution in [0, 0.1) is 0 Å². The van der Waals surface area contributed by atoms with Gasteiger partial charge >= 0.3 is 5.97 Å². The van der Waals surface area contributed by atoms with Crippen LogP contribution < -0.4 is 4.74 Å². The number of hydrogen-bond acceptors (Lipinski definition) is 5. The number of ketones is 1. The third-order valence-corrected chi connectivity index (χ3v) is 3.39. The molecule has 0 atom stereocenters. The molecule has 6 nitrogen and oxygen atoms in total. The molecule has 0 bridgehead atoms. The Kier molecular flexibility index (Phi) is 4.93. The highest BCUT2D eigenvalue weighted by molar-refractivity contribution is 6.40. The first-order valence-electron chi connectivity index (χ1n) is 6.80. The summed E-state index contributed by atoms with van der Waals surface area (Å²) in [6.07, 6.45) is 0.642. The number of carboxylic acids is 1. The lowest BCUT2D eigenvalue weighted by Crippen LogP contribution is -2.22. The average molecular weight is 294 g/mol. The van der Waals surface area contributed by atoms with Crippen molar-refractivity contribution < 1.29 is 28.9 Å². The van der Waals surface area contributed by atoms with Crippen LogP contribution in [0.1, 0.15) is 41.1 Å². The molecule has 0 amide bonds. The van der Waals surface area contributed by atoms with E-state index in [1.54, 1.807) is 6.07 Å². The van der Waals surface area contributed by atoms with E-state index in [0.717, 1.165) is 6.42 Å². The fraction of sp³-hybridized carbons (Fsp3) is 0.467. The Hall–Kier alpha value is -1.92. The average Bonchev–Trinajstić information content (AvgIpc) is 2.53. The molecule has 1 aliphatic heterocycles. The molecule has 0 unspecified atom stereocenters. The molecule has 114 valence electrons. The van der Waals surface area contributed by atoms with Gasteiger partial charge in [0.05, 0.1) is 25.9 Å². The standard InChI is InChI=1S/C15H18O6/c1-3-9-10(13(16)14(17)18)5-6-11(19-2)12(9)15-20-7-4-8-21-15/h5-6,15H,3-4,7-8H2,1-2H3,(H,17,18). The summed E-state index contributed by atoms with van der Waals surface area (Å²) >= 11 is 0. The molecule has 0 radical (unpaired) electrons. The molecule has 1 fully saturated rings. The molecule has 21 heavy (non-hydrogen) atoms. The highest BCUT2D eigenvalue weighted by Gasteiger charge is 2.28. The Bertz CT molecular complexity index is 545. The van der Waals surface area contributed by atoms with Crippen LogP contribution in [0.25, 0.3) is 0 Å². The van der Waals surface area contributed by atoms with Gasteiger partial charge in [-0.25, -0.2) is 4.79 Å². The first-order valence-corrected chi connectivity index (χ1v) is 6.80. The minimum atomic E-state index is -1.48. The first-order chi connectivity index (χ1) is 10.1. The Morgan fingerprint density at radius 3 is 2.52 bits per heavy atom. The highest BCUT2D eigenvalue weighted by Crippen LogP contribution is 2.36. The maximum Gasteiger partial charge on any atom is 0.377 e. The topological polar surface area (TPSA) is 82.1 Å². The predicted octanol–water partition coefficient (Wildman–Crippen LogP) is 1.96. The van der Waals surface area contributed by atoms with E-state index in [9.17, 15) is 9.59 Å². The van der Waals surface area contributed by atoms with Crippen LogP contribution in [0.3, 0.4) is 0 Å². The molecule has 1 heterocycles. The molecule has 0 aromatic heterocycles. The van der Waals surface area contributed by atoms with Crippen molar-refractivity contribution in [3.05, 3.63) is 28.8 Å². The summed E-state index contributed by atoms with van der Waals surface area (Å²) < 4.78 is 16.5. The van der Waals surface area contributed by atoms with Crippen LogP contribution in [0.4, 0.5) is 0 Å². The number of hydrogen-bond donors (Lipinski definition) is 1. The zero-order valence-electron chi connectivity index (χ0n) is 12.0. The molecule has 2 rings (SSSR count). The Morgan fingerprint density at radius 2 is 2.00 bits per heavy atom. The second kappa shape index (κ2) is 6.69. The Labute approximate surface area is 122 Å². The third-order valence-electron chi connectivity index (χ3n) is 3.39. The van der Waals surface area contributed by atoms with Gasteiger partial charge in [0, 0.05) is 5.56 Å². The number of methoxy groups -OCH3 is 1. The molecule has 0 saturated carbocycles.